The Balaban J connectivity index is 2.83. The summed E-state index contributed by atoms with van der Waals surface area (Å²) in [5, 5.41) is 19.8. The lowest BCUT2D eigenvalue weighted by Gasteiger charge is -2.20. The molecular formula is C14H22N2O4S. The number of para-hydroxylation sites is 1. The topological polar surface area (TPSA) is 83.7 Å². The Morgan fingerprint density at radius 3 is 2.57 bits per heavy atom. The molecule has 0 aliphatic heterocycles. The fourth-order valence-corrected chi connectivity index (χ4v) is 3.44. The van der Waals surface area contributed by atoms with Crippen molar-refractivity contribution >= 4 is 16.7 Å². The van der Waals surface area contributed by atoms with Gasteiger partial charge in [-0.1, -0.05) is 19.1 Å². The number of benzene rings is 1. The molecule has 0 spiro atoms. The van der Waals surface area contributed by atoms with E-state index >= 15 is 0 Å². The van der Waals surface area contributed by atoms with Crippen molar-refractivity contribution in [2.75, 3.05) is 19.7 Å². The number of hydrogen-bond acceptors (Lipinski definition) is 4. The van der Waals surface area contributed by atoms with Crippen LogP contribution in [0.1, 0.15) is 32.6 Å². The third-order valence-corrected chi connectivity index (χ3v) is 4.58. The molecule has 0 radical (unpaired) electrons. The highest BCUT2D eigenvalue weighted by molar-refractivity contribution is 7.82. The van der Waals surface area contributed by atoms with Gasteiger partial charge in [-0.3, -0.25) is 10.1 Å². The second-order valence-electron chi connectivity index (χ2n) is 4.69. The summed E-state index contributed by atoms with van der Waals surface area (Å²) in [7, 11) is -1.53. The molecule has 1 aromatic rings. The second-order valence-corrected chi connectivity index (χ2v) is 6.14. The van der Waals surface area contributed by atoms with Crippen molar-refractivity contribution in [3.63, 3.8) is 0 Å². The first-order chi connectivity index (χ1) is 10.1. The standard InChI is InChI=1S/C14H22N2O4S/c1-2-10-15(11-6-3-7-12-17)21(20)14-9-5-4-8-13(14)16(18)19/h4-5,8-9,17H,2-3,6-7,10-12H2,1H3. The van der Waals surface area contributed by atoms with Crippen molar-refractivity contribution in [2.45, 2.75) is 37.5 Å². The van der Waals surface area contributed by atoms with Gasteiger partial charge in [-0.05, 0) is 31.7 Å². The summed E-state index contributed by atoms with van der Waals surface area (Å²) in [5.74, 6) is 0. The smallest absolute Gasteiger partial charge is 0.286 e. The molecule has 1 aromatic carbocycles. The molecule has 0 saturated heterocycles. The minimum absolute atomic E-state index is 0.104. The normalized spacial score (nSPS) is 12.5. The van der Waals surface area contributed by atoms with Crippen molar-refractivity contribution in [2.24, 2.45) is 0 Å². The van der Waals surface area contributed by atoms with Crippen molar-refractivity contribution in [3.05, 3.63) is 34.4 Å². The highest BCUT2D eigenvalue weighted by Gasteiger charge is 2.22. The second kappa shape index (κ2) is 9.59. The summed E-state index contributed by atoms with van der Waals surface area (Å²) in [6, 6.07) is 6.16. The Morgan fingerprint density at radius 2 is 1.95 bits per heavy atom. The molecule has 1 unspecified atom stereocenters. The Hall–Kier alpha value is -1.31. The number of hydrogen-bond donors (Lipinski definition) is 1. The van der Waals surface area contributed by atoms with E-state index in [0.29, 0.717) is 13.1 Å². The van der Waals surface area contributed by atoms with Crippen molar-refractivity contribution < 1.29 is 14.2 Å². The first-order valence-corrected chi connectivity index (χ1v) is 8.23. The van der Waals surface area contributed by atoms with Crippen molar-refractivity contribution in [1.82, 2.24) is 4.31 Å². The van der Waals surface area contributed by atoms with E-state index in [0.717, 1.165) is 25.7 Å². The van der Waals surface area contributed by atoms with Gasteiger partial charge in [-0.25, -0.2) is 8.51 Å². The molecule has 0 bridgehead atoms. The van der Waals surface area contributed by atoms with Crippen LogP contribution >= 0.6 is 0 Å². The van der Waals surface area contributed by atoms with Gasteiger partial charge >= 0.3 is 0 Å². The van der Waals surface area contributed by atoms with Gasteiger partial charge in [0.15, 0.2) is 0 Å². The average Bonchev–Trinajstić information content (AvgIpc) is 2.49. The molecule has 0 aliphatic rings. The third-order valence-electron chi connectivity index (χ3n) is 3.02. The fourth-order valence-electron chi connectivity index (χ4n) is 2.00. The van der Waals surface area contributed by atoms with Gasteiger partial charge in [0.05, 0.1) is 4.92 Å². The van der Waals surface area contributed by atoms with Crippen LogP contribution in [0.25, 0.3) is 0 Å². The van der Waals surface area contributed by atoms with E-state index < -0.39 is 15.9 Å². The molecule has 0 aliphatic carbocycles. The van der Waals surface area contributed by atoms with Crippen LogP contribution in [-0.4, -0.2) is 38.2 Å². The van der Waals surface area contributed by atoms with E-state index in [4.69, 9.17) is 5.11 Å². The van der Waals surface area contributed by atoms with Crippen LogP contribution < -0.4 is 0 Å². The van der Waals surface area contributed by atoms with Crippen LogP contribution in [0.15, 0.2) is 29.2 Å². The largest absolute Gasteiger partial charge is 0.396 e. The van der Waals surface area contributed by atoms with Gasteiger partial charge in [0.1, 0.15) is 15.9 Å². The maximum atomic E-state index is 12.6. The van der Waals surface area contributed by atoms with E-state index in [-0.39, 0.29) is 17.2 Å². The van der Waals surface area contributed by atoms with Crippen LogP contribution in [-0.2, 0) is 11.0 Å². The minimum Gasteiger partial charge on any atom is -0.396 e. The van der Waals surface area contributed by atoms with Gasteiger partial charge < -0.3 is 5.11 Å². The van der Waals surface area contributed by atoms with E-state index in [2.05, 4.69) is 0 Å². The van der Waals surface area contributed by atoms with Crippen LogP contribution in [0.5, 0.6) is 0 Å². The molecule has 6 nitrogen and oxygen atoms in total. The summed E-state index contributed by atoms with van der Waals surface area (Å²) >= 11 is 0. The molecule has 0 heterocycles. The monoisotopic (exact) mass is 314 g/mol. The van der Waals surface area contributed by atoms with E-state index in [1.807, 2.05) is 6.92 Å². The first kappa shape index (κ1) is 17.7. The van der Waals surface area contributed by atoms with Crippen LogP contribution in [0, 0.1) is 10.1 Å². The van der Waals surface area contributed by atoms with Crippen molar-refractivity contribution in [3.8, 4) is 0 Å². The van der Waals surface area contributed by atoms with E-state index in [9.17, 15) is 14.3 Å². The molecular weight excluding hydrogens is 292 g/mol. The third kappa shape index (κ3) is 5.53. The van der Waals surface area contributed by atoms with Gasteiger partial charge in [-0.2, -0.15) is 0 Å². The van der Waals surface area contributed by atoms with Gasteiger partial charge in [0.2, 0.25) is 0 Å². The molecule has 7 heteroatoms. The minimum atomic E-state index is -1.53. The summed E-state index contributed by atoms with van der Waals surface area (Å²) in [6.45, 7) is 3.36. The van der Waals surface area contributed by atoms with Gasteiger partial charge in [0.25, 0.3) is 5.69 Å². The number of nitro benzene ring substituents is 1. The number of nitrogens with zero attached hydrogens (tertiary/aromatic N) is 2. The maximum Gasteiger partial charge on any atom is 0.286 e. The van der Waals surface area contributed by atoms with Crippen LogP contribution in [0.3, 0.4) is 0 Å². The number of aliphatic hydroxyl groups excluding tert-OH is 1. The molecule has 0 amide bonds. The Labute approximate surface area is 127 Å². The SMILES string of the molecule is CCCN(CCCCCO)S(=O)c1ccccc1[N+](=O)[O-]. The zero-order chi connectivity index (χ0) is 15.7. The molecule has 1 atom stereocenters. The first-order valence-electron chi connectivity index (χ1n) is 7.13. The molecule has 1 N–H and O–H groups in total. The Morgan fingerprint density at radius 1 is 1.24 bits per heavy atom. The average molecular weight is 314 g/mol. The summed E-state index contributed by atoms with van der Waals surface area (Å²) in [5.41, 5.74) is -0.104. The number of rotatable bonds is 10. The lowest BCUT2D eigenvalue weighted by Crippen LogP contribution is -2.28. The lowest BCUT2D eigenvalue weighted by molar-refractivity contribution is -0.387. The van der Waals surface area contributed by atoms with Crippen LogP contribution in [0.4, 0.5) is 5.69 Å². The fraction of sp³-hybridized carbons (Fsp3) is 0.571. The summed E-state index contributed by atoms with van der Waals surface area (Å²) in [4.78, 5) is 10.8. The Bertz CT molecular complexity index is 482. The summed E-state index contributed by atoms with van der Waals surface area (Å²) in [6.07, 6.45) is 3.21. The molecule has 118 valence electrons. The molecule has 0 fully saturated rings. The van der Waals surface area contributed by atoms with Gasteiger partial charge in [-0.15, -0.1) is 0 Å². The number of aliphatic hydroxyl groups is 1. The summed E-state index contributed by atoms with van der Waals surface area (Å²) < 4.78 is 14.4. The molecule has 0 saturated carbocycles. The zero-order valence-corrected chi connectivity index (χ0v) is 13.1. The predicted molar refractivity (Wildman–Crippen MR) is 82.3 cm³/mol. The lowest BCUT2D eigenvalue weighted by atomic mass is 10.2. The zero-order valence-electron chi connectivity index (χ0n) is 12.2. The van der Waals surface area contributed by atoms with Gasteiger partial charge in [0, 0.05) is 25.8 Å². The maximum absolute atomic E-state index is 12.6. The highest BCUT2D eigenvalue weighted by atomic mass is 32.2. The number of unbranched alkanes of at least 4 members (excludes halogenated alkanes) is 2. The quantitative estimate of drug-likeness (QED) is 0.408. The molecule has 1 rings (SSSR count). The number of nitro groups is 1. The molecule has 21 heavy (non-hydrogen) atoms. The Kier molecular flexibility index (Phi) is 8.11. The van der Waals surface area contributed by atoms with E-state index in [1.165, 1.54) is 6.07 Å². The molecule has 0 aromatic heterocycles. The van der Waals surface area contributed by atoms with E-state index in [1.54, 1.807) is 22.5 Å². The van der Waals surface area contributed by atoms with Crippen molar-refractivity contribution in [1.29, 1.82) is 0 Å². The van der Waals surface area contributed by atoms with Crippen LogP contribution in [0.2, 0.25) is 0 Å². The predicted octanol–water partition coefficient (Wildman–Crippen LogP) is 2.49. The highest BCUT2D eigenvalue weighted by Crippen LogP contribution is 2.23.